The lowest BCUT2D eigenvalue weighted by Crippen LogP contribution is -1.97. The van der Waals surface area contributed by atoms with Crippen molar-refractivity contribution in [1.29, 1.82) is 0 Å². The molecule has 5 aromatic rings. The van der Waals surface area contributed by atoms with Crippen LogP contribution in [0.3, 0.4) is 0 Å². The van der Waals surface area contributed by atoms with E-state index in [1.54, 1.807) is 0 Å². The zero-order valence-electron chi connectivity index (χ0n) is 22.3. The lowest BCUT2D eigenvalue weighted by molar-refractivity contribution is 0.964. The summed E-state index contributed by atoms with van der Waals surface area (Å²) in [6.45, 7) is 8.48. The molecule has 0 saturated carbocycles. The van der Waals surface area contributed by atoms with E-state index >= 15 is 0 Å². The maximum Gasteiger partial charge on any atom is 0.0462 e. The van der Waals surface area contributed by atoms with Gasteiger partial charge in [-0.05, 0) is 88.2 Å². The highest BCUT2D eigenvalue weighted by molar-refractivity contribution is 5.99. The van der Waals surface area contributed by atoms with Crippen LogP contribution in [-0.2, 0) is 6.42 Å². The van der Waals surface area contributed by atoms with Gasteiger partial charge >= 0.3 is 0 Å². The standard InChI is InChI=1S/C37H32N2/c1-4-26(27-11-7-5-8-12-27)21-25(2)32-22-30(15-18-35(32)38-3)31-17-20-37-34(24-31)33-23-29(16-19-36(33)39-37)28-13-9-6-10-14-28/h4-15,17-18,20-24,38-39H,1-2,16,19H2,3H3/b26-21+. The average molecular weight is 505 g/mol. The molecule has 0 bridgehead atoms. The van der Waals surface area contributed by atoms with Crippen LogP contribution in [0, 0.1) is 0 Å². The van der Waals surface area contributed by atoms with Gasteiger partial charge in [0.05, 0.1) is 0 Å². The van der Waals surface area contributed by atoms with Gasteiger partial charge in [0.2, 0.25) is 0 Å². The number of allylic oxidation sites excluding steroid dienone is 5. The van der Waals surface area contributed by atoms with Crippen molar-refractivity contribution in [2.45, 2.75) is 12.8 Å². The van der Waals surface area contributed by atoms with Crippen LogP contribution in [0.25, 0.3) is 44.8 Å². The molecular formula is C37H32N2. The van der Waals surface area contributed by atoms with E-state index in [4.69, 9.17) is 0 Å². The number of aromatic nitrogens is 1. The highest BCUT2D eigenvalue weighted by Crippen LogP contribution is 2.37. The lowest BCUT2D eigenvalue weighted by Gasteiger charge is -2.14. The van der Waals surface area contributed by atoms with E-state index in [1.165, 1.54) is 44.4 Å². The number of fused-ring (bicyclic) bond motifs is 3. The first kappa shape index (κ1) is 24.5. The molecule has 0 aliphatic heterocycles. The third-order valence-corrected chi connectivity index (χ3v) is 7.65. The van der Waals surface area contributed by atoms with Gasteiger partial charge in [0.1, 0.15) is 0 Å². The molecule has 0 atom stereocenters. The fourth-order valence-corrected chi connectivity index (χ4v) is 5.56. The van der Waals surface area contributed by atoms with Crippen molar-refractivity contribution < 1.29 is 0 Å². The van der Waals surface area contributed by atoms with E-state index in [9.17, 15) is 0 Å². The first-order valence-electron chi connectivity index (χ1n) is 13.5. The quantitative estimate of drug-likeness (QED) is 0.212. The first-order valence-corrected chi connectivity index (χ1v) is 13.5. The minimum atomic E-state index is 0.940. The Morgan fingerprint density at radius 3 is 2.28 bits per heavy atom. The van der Waals surface area contributed by atoms with Gasteiger partial charge in [-0.2, -0.15) is 0 Å². The van der Waals surface area contributed by atoms with Crippen molar-refractivity contribution >= 4 is 39.4 Å². The number of anilines is 1. The van der Waals surface area contributed by atoms with E-state index < -0.39 is 0 Å². The monoisotopic (exact) mass is 504 g/mol. The van der Waals surface area contributed by atoms with Crippen LogP contribution in [0.1, 0.15) is 34.4 Å². The van der Waals surface area contributed by atoms with Gasteiger partial charge in [0.25, 0.3) is 0 Å². The SMILES string of the molecule is C=C/C(=C\C(=C)c1cc(-c2ccc3[nH]c4c(c3c2)C=C(c2ccccc2)CC4)ccc1NC)c1ccccc1. The summed E-state index contributed by atoms with van der Waals surface area (Å²) in [5.74, 6) is 0. The van der Waals surface area contributed by atoms with Gasteiger partial charge in [0.15, 0.2) is 0 Å². The molecule has 39 heavy (non-hydrogen) atoms. The van der Waals surface area contributed by atoms with Crippen molar-refractivity contribution in [3.05, 3.63) is 150 Å². The van der Waals surface area contributed by atoms with E-state index in [0.29, 0.717) is 0 Å². The minimum Gasteiger partial charge on any atom is -0.388 e. The normalized spacial score (nSPS) is 13.1. The summed E-state index contributed by atoms with van der Waals surface area (Å²) < 4.78 is 0. The Morgan fingerprint density at radius 2 is 1.54 bits per heavy atom. The molecule has 1 aliphatic carbocycles. The summed E-state index contributed by atoms with van der Waals surface area (Å²) in [5.41, 5.74) is 14.1. The van der Waals surface area contributed by atoms with Gasteiger partial charge in [-0.3, -0.25) is 0 Å². The van der Waals surface area contributed by atoms with Gasteiger partial charge < -0.3 is 10.3 Å². The highest BCUT2D eigenvalue weighted by Gasteiger charge is 2.17. The number of hydrogen-bond donors (Lipinski definition) is 2. The molecule has 2 nitrogen and oxygen atoms in total. The van der Waals surface area contributed by atoms with Crippen LogP contribution in [-0.4, -0.2) is 12.0 Å². The molecule has 1 aliphatic rings. The summed E-state index contributed by atoms with van der Waals surface area (Å²) in [5, 5.41) is 4.61. The Balaban J connectivity index is 1.40. The van der Waals surface area contributed by atoms with Crippen LogP contribution in [0.4, 0.5) is 5.69 Å². The Hall–Kier alpha value is -4.82. The minimum absolute atomic E-state index is 0.940. The Morgan fingerprint density at radius 1 is 0.821 bits per heavy atom. The molecule has 2 N–H and O–H groups in total. The molecule has 1 aromatic heterocycles. The molecule has 2 heteroatoms. The zero-order chi connectivity index (χ0) is 26.8. The molecule has 0 radical (unpaired) electrons. The van der Waals surface area contributed by atoms with E-state index in [2.05, 4.69) is 114 Å². The predicted octanol–water partition coefficient (Wildman–Crippen LogP) is 9.65. The number of rotatable bonds is 7. The molecule has 4 aromatic carbocycles. The summed E-state index contributed by atoms with van der Waals surface area (Å²) in [6, 6.07) is 34.4. The third kappa shape index (κ3) is 4.78. The molecule has 0 spiro atoms. The second-order valence-electron chi connectivity index (χ2n) is 10.0. The molecular weight excluding hydrogens is 472 g/mol. The van der Waals surface area contributed by atoms with Gasteiger partial charge in [-0.25, -0.2) is 0 Å². The van der Waals surface area contributed by atoms with E-state index in [1.807, 2.05) is 31.3 Å². The topological polar surface area (TPSA) is 27.8 Å². The average Bonchev–Trinajstić information content (AvgIpc) is 3.37. The maximum atomic E-state index is 4.44. The van der Waals surface area contributed by atoms with Gasteiger partial charge in [-0.15, -0.1) is 0 Å². The van der Waals surface area contributed by atoms with Crippen molar-refractivity contribution in [2.75, 3.05) is 12.4 Å². The molecule has 0 fully saturated rings. The van der Waals surface area contributed by atoms with Crippen LogP contribution >= 0.6 is 0 Å². The van der Waals surface area contributed by atoms with Crippen LogP contribution in [0.2, 0.25) is 0 Å². The highest BCUT2D eigenvalue weighted by atomic mass is 14.8. The molecule has 0 unspecified atom stereocenters. The molecule has 1 heterocycles. The van der Waals surface area contributed by atoms with Crippen molar-refractivity contribution in [3.63, 3.8) is 0 Å². The van der Waals surface area contributed by atoms with E-state index in [-0.39, 0.29) is 0 Å². The summed E-state index contributed by atoms with van der Waals surface area (Å²) in [7, 11) is 1.95. The van der Waals surface area contributed by atoms with Gasteiger partial charge in [-0.1, -0.05) is 92.0 Å². The van der Waals surface area contributed by atoms with Crippen molar-refractivity contribution in [3.8, 4) is 11.1 Å². The van der Waals surface area contributed by atoms with Gasteiger partial charge in [0, 0.05) is 40.5 Å². The number of hydrogen-bond acceptors (Lipinski definition) is 1. The smallest absolute Gasteiger partial charge is 0.0462 e. The zero-order valence-corrected chi connectivity index (χ0v) is 22.3. The number of benzene rings is 4. The Kier molecular flexibility index (Phi) is 6.61. The van der Waals surface area contributed by atoms with Crippen LogP contribution in [0.15, 0.2) is 122 Å². The molecule has 190 valence electrons. The molecule has 6 rings (SSSR count). The molecule has 0 saturated heterocycles. The predicted molar refractivity (Wildman–Crippen MR) is 170 cm³/mol. The number of nitrogens with one attached hydrogen (secondary N) is 2. The number of aromatic amines is 1. The second-order valence-corrected chi connectivity index (χ2v) is 10.0. The fourth-order valence-electron chi connectivity index (χ4n) is 5.56. The molecule has 0 amide bonds. The van der Waals surface area contributed by atoms with E-state index in [0.717, 1.165) is 40.8 Å². The summed E-state index contributed by atoms with van der Waals surface area (Å²) >= 11 is 0. The number of aryl methyl sites for hydroxylation is 1. The number of H-pyrrole nitrogens is 1. The van der Waals surface area contributed by atoms with Crippen LogP contribution in [0.5, 0.6) is 0 Å². The summed E-state index contributed by atoms with van der Waals surface area (Å²) in [4.78, 5) is 3.67. The van der Waals surface area contributed by atoms with Crippen LogP contribution < -0.4 is 5.32 Å². The lowest BCUT2D eigenvalue weighted by atomic mass is 9.90. The summed E-state index contributed by atoms with van der Waals surface area (Å²) in [6.07, 6.45) is 8.46. The fraction of sp³-hybridized carbons (Fsp3) is 0.0811. The second kappa shape index (κ2) is 10.5. The Bertz CT molecular complexity index is 1750. The van der Waals surface area contributed by atoms with Crippen molar-refractivity contribution in [2.24, 2.45) is 0 Å². The third-order valence-electron chi connectivity index (χ3n) is 7.65. The largest absolute Gasteiger partial charge is 0.388 e. The maximum absolute atomic E-state index is 4.44. The Labute approximate surface area is 230 Å². The van der Waals surface area contributed by atoms with Crippen molar-refractivity contribution in [1.82, 2.24) is 4.98 Å². The first-order chi connectivity index (χ1) is 19.1.